The first-order valence-electron chi connectivity index (χ1n) is 10.6. The van der Waals surface area contributed by atoms with E-state index in [0.29, 0.717) is 5.39 Å². The third-order valence-corrected chi connectivity index (χ3v) is 8.89. The van der Waals surface area contributed by atoms with Gasteiger partial charge in [0.2, 0.25) is 10.0 Å². The van der Waals surface area contributed by atoms with E-state index in [1.165, 1.54) is 18.4 Å². The molecule has 6 nitrogen and oxygen atoms in total. The average Bonchev–Trinajstić information content (AvgIpc) is 3.46. The standard InChI is InChI=1S/C23H18F4N4O2S3/c1-35-23-29-28-22(31(23)21-19(26)16(24)10-17(25)20(21)27)18-9-14(34)11-30(18)36(32,33)15-7-6-12-4-2-3-5-13(12)8-15/h2-8,10,14,18,34H,9,11H2,1H3/t14-,18?/m1/s1. The molecule has 36 heavy (non-hydrogen) atoms. The molecule has 0 saturated carbocycles. The maximum Gasteiger partial charge on any atom is 0.243 e. The normalized spacial score (nSPS) is 18.8. The predicted octanol–water partition coefficient (Wildman–Crippen LogP) is 5.13. The molecule has 2 atom stereocenters. The number of hydrogen-bond donors (Lipinski definition) is 1. The monoisotopic (exact) mass is 554 g/mol. The van der Waals surface area contributed by atoms with Gasteiger partial charge in [0.25, 0.3) is 0 Å². The lowest BCUT2D eigenvalue weighted by Crippen LogP contribution is -2.33. The van der Waals surface area contributed by atoms with Gasteiger partial charge in [-0.1, -0.05) is 42.1 Å². The van der Waals surface area contributed by atoms with Crippen LogP contribution in [0, 0.1) is 23.3 Å². The Balaban J connectivity index is 1.67. The Kier molecular flexibility index (Phi) is 6.52. The van der Waals surface area contributed by atoms with E-state index in [4.69, 9.17) is 0 Å². The van der Waals surface area contributed by atoms with E-state index >= 15 is 0 Å². The van der Waals surface area contributed by atoms with Crippen LogP contribution in [-0.2, 0) is 10.0 Å². The van der Waals surface area contributed by atoms with Crippen LogP contribution in [0.3, 0.4) is 0 Å². The fourth-order valence-corrected chi connectivity index (χ4v) is 7.00. The van der Waals surface area contributed by atoms with Crippen molar-refractivity contribution in [2.75, 3.05) is 12.8 Å². The summed E-state index contributed by atoms with van der Waals surface area (Å²) in [6, 6.07) is 11.0. The lowest BCUT2D eigenvalue weighted by Gasteiger charge is -2.24. The smallest absolute Gasteiger partial charge is 0.243 e. The second kappa shape index (κ2) is 9.36. The van der Waals surface area contributed by atoms with Crippen LogP contribution in [0.5, 0.6) is 0 Å². The van der Waals surface area contributed by atoms with E-state index in [9.17, 15) is 26.0 Å². The highest BCUT2D eigenvalue weighted by molar-refractivity contribution is 7.98. The number of aromatic nitrogens is 3. The van der Waals surface area contributed by atoms with Gasteiger partial charge in [-0.2, -0.15) is 16.9 Å². The van der Waals surface area contributed by atoms with Crippen LogP contribution in [-0.4, -0.2) is 45.5 Å². The summed E-state index contributed by atoms with van der Waals surface area (Å²) in [7, 11) is -4.13. The van der Waals surface area contributed by atoms with E-state index < -0.39 is 50.3 Å². The summed E-state index contributed by atoms with van der Waals surface area (Å²) in [5.41, 5.74) is -1.05. The molecule has 13 heteroatoms. The molecule has 1 aliphatic heterocycles. The van der Waals surface area contributed by atoms with E-state index in [-0.39, 0.29) is 34.9 Å². The molecule has 0 N–H and O–H groups in total. The number of thioether (sulfide) groups is 1. The van der Waals surface area contributed by atoms with Gasteiger partial charge in [-0.15, -0.1) is 10.2 Å². The number of thiol groups is 1. The van der Waals surface area contributed by atoms with Gasteiger partial charge in [-0.3, -0.25) is 4.57 Å². The molecule has 3 aromatic carbocycles. The van der Waals surface area contributed by atoms with Crippen molar-refractivity contribution in [3.63, 3.8) is 0 Å². The Labute approximate surface area is 213 Å². The van der Waals surface area contributed by atoms with Crippen molar-refractivity contribution in [3.05, 3.63) is 77.6 Å². The molecule has 5 rings (SSSR count). The van der Waals surface area contributed by atoms with Gasteiger partial charge in [0.1, 0.15) is 5.69 Å². The fraction of sp³-hybridized carbons (Fsp3) is 0.217. The van der Waals surface area contributed by atoms with Crippen molar-refractivity contribution >= 4 is 45.2 Å². The predicted molar refractivity (Wildman–Crippen MR) is 131 cm³/mol. The van der Waals surface area contributed by atoms with Crippen LogP contribution in [0.15, 0.2) is 58.6 Å². The van der Waals surface area contributed by atoms with Crippen LogP contribution in [0.2, 0.25) is 0 Å². The largest absolute Gasteiger partial charge is 0.267 e. The van der Waals surface area contributed by atoms with E-state index in [1.54, 1.807) is 18.2 Å². The van der Waals surface area contributed by atoms with Crippen molar-refractivity contribution in [2.24, 2.45) is 0 Å². The van der Waals surface area contributed by atoms with Gasteiger partial charge in [0.05, 0.1) is 10.9 Å². The molecular formula is C23H18F4N4O2S3. The summed E-state index contributed by atoms with van der Waals surface area (Å²) < 4.78 is 87.2. The molecule has 0 spiro atoms. The first kappa shape index (κ1) is 25.1. The van der Waals surface area contributed by atoms with Crippen LogP contribution >= 0.6 is 24.4 Å². The summed E-state index contributed by atoms with van der Waals surface area (Å²) >= 11 is 5.38. The van der Waals surface area contributed by atoms with E-state index in [2.05, 4.69) is 22.8 Å². The van der Waals surface area contributed by atoms with E-state index in [0.717, 1.165) is 26.0 Å². The Bertz CT molecular complexity index is 1570. The zero-order chi connectivity index (χ0) is 25.8. The number of halogens is 4. The third-order valence-electron chi connectivity index (χ3n) is 6.01. The molecule has 1 fully saturated rings. The van der Waals surface area contributed by atoms with Gasteiger partial charge in [0.15, 0.2) is 34.2 Å². The zero-order valence-electron chi connectivity index (χ0n) is 18.6. The fourth-order valence-electron chi connectivity index (χ4n) is 4.34. The Morgan fingerprint density at radius 1 is 0.972 bits per heavy atom. The molecule has 2 heterocycles. The minimum atomic E-state index is -4.13. The molecule has 1 saturated heterocycles. The van der Waals surface area contributed by atoms with Gasteiger partial charge in [-0.25, -0.2) is 26.0 Å². The first-order valence-corrected chi connectivity index (χ1v) is 13.8. The number of fused-ring (bicyclic) bond motifs is 1. The third kappa shape index (κ3) is 4.07. The van der Waals surface area contributed by atoms with Gasteiger partial charge in [-0.05, 0) is 35.6 Å². The molecule has 0 aliphatic carbocycles. The number of rotatable bonds is 5. The van der Waals surface area contributed by atoms with Crippen LogP contribution < -0.4 is 0 Å². The summed E-state index contributed by atoms with van der Waals surface area (Å²) in [6.07, 6.45) is 1.67. The number of nitrogens with zero attached hydrogens (tertiary/aromatic N) is 4. The highest BCUT2D eigenvalue weighted by Crippen LogP contribution is 2.41. The zero-order valence-corrected chi connectivity index (χ0v) is 21.1. The number of benzene rings is 3. The van der Waals surface area contributed by atoms with Gasteiger partial charge in [0, 0.05) is 17.9 Å². The molecular weight excluding hydrogens is 536 g/mol. The highest BCUT2D eigenvalue weighted by atomic mass is 32.2. The van der Waals surface area contributed by atoms with Crippen molar-refractivity contribution < 1.29 is 26.0 Å². The first-order chi connectivity index (χ1) is 17.1. The number of sulfonamides is 1. The van der Waals surface area contributed by atoms with Gasteiger partial charge < -0.3 is 0 Å². The summed E-state index contributed by atoms with van der Waals surface area (Å²) in [6.45, 7) is -0.0210. The summed E-state index contributed by atoms with van der Waals surface area (Å²) in [4.78, 5) is 0.0129. The topological polar surface area (TPSA) is 68.1 Å². The van der Waals surface area contributed by atoms with Crippen molar-refractivity contribution in [3.8, 4) is 5.69 Å². The van der Waals surface area contributed by atoms with Crippen molar-refractivity contribution in [1.29, 1.82) is 0 Å². The minimum absolute atomic E-state index is 0.0129. The van der Waals surface area contributed by atoms with Crippen molar-refractivity contribution in [1.82, 2.24) is 19.1 Å². The second-order valence-corrected chi connectivity index (χ2v) is 11.6. The number of hydrogen-bond acceptors (Lipinski definition) is 6. The minimum Gasteiger partial charge on any atom is -0.267 e. The Hall–Kier alpha value is -2.61. The highest BCUT2D eigenvalue weighted by Gasteiger charge is 2.43. The molecule has 1 aliphatic rings. The van der Waals surface area contributed by atoms with Crippen molar-refractivity contribution in [2.45, 2.75) is 27.8 Å². The lowest BCUT2D eigenvalue weighted by molar-refractivity contribution is 0.375. The molecule has 4 aromatic rings. The van der Waals surface area contributed by atoms with Crippen LogP contribution in [0.1, 0.15) is 18.3 Å². The second-order valence-electron chi connectivity index (χ2n) is 8.19. The molecule has 0 radical (unpaired) electrons. The summed E-state index contributed by atoms with van der Waals surface area (Å²) in [5.74, 6) is -6.67. The quantitative estimate of drug-likeness (QED) is 0.160. The Morgan fingerprint density at radius 2 is 1.64 bits per heavy atom. The molecule has 1 unspecified atom stereocenters. The van der Waals surface area contributed by atoms with E-state index in [1.807, 2.05) is 12.1 Å². The lowest BCUT2D eigenvalue weighted by atomic mass is 10.1. The molecule has 188 valence electrons. The SMILES string of the molecule is CSc1nnc(C2C[C@@H](S)CN2S(=O)(=O)c2ccc3ccccc3c2)n1-c1c(F)c(F)cc(F)c1F. The molecule has 0 amide bonds. The Morgan fingerprint density at radius 3 is 2.31 bits per heavy atom. The van der Waals surface area contributed by atoms with Crippen LogP contribution in [0.25, 0.3) is 16.5 Å². The maximum atomic E-state index is 14.8. The maximum absolute atomic E-state index is 14.8. The average molecular weight is 555 g/mol. The molecule has 1 aromatic heterocycles. The molecule has 0 bridgehead atoms. The van der Waals surface area contributed by atoms with Gasteiger partial charge >= 0.3 is 0 Å². The van der Waals surface area contributed by atoms with Crippen LogP contribution in [0.4, 0.5) is 17.6 Å². The summed E-state index contributed by atoms with van der Waals surface area (Å²) in [5, 5.41) is 8.96.